The molecular weight excluding hydrogens is 296 g/mol. The van der Waals surface area contributed by atoms with E-state index in [1.54, 1.807) is 12.1 Å². The Labute approximate surface area is 135 Å². The highest BCUT2D eigenvalue weighted by Crippen LogP contribution is 2.38. The summed E-state index contributed by atoms with van der Waals surface area (Å²) < 4.78 is 0. The standard InChI is InChI=1S/C16H24N4O3/c1-16(11-17,12-4-5-12)19-15(21)3-2-10-18-13-6-8-14(9-7-13)20(22)23/h6-9,12,18H,2-5,10-11,17H2,1H3,(H,19,21). The SMILES string of the molecule is CC(CN)(NC(=O)CCCNc1ccc([N+](=O)[O-])cc1)C1CC1. The maximum atomic E-state index is 12.0. The average molecular weight is 320 g/mol. The van der Waals surface area contributed by atoms with Crippen LogP contribution in [0.1, 0.15) is 32.6 Å². The Morgan fingerprint density at radius 3 is 2.57 bits per heavy atom. The highest BCUT2D eigenvalue weighted by Gasteiger charge is 2.41. The van der Waals surface area contributed by atoms with Gasteiger partial charge in [0, 0.05) is 37.3 Å². The summed E-state index contributed by atoms with van der Waals surface area (Å²) in [6.07, 6.45) is 3.39. The quantitative estimate of drug-likeness (QED) is 0.366. The number of carbonyl (C=O) groups is 1. The van der Waals surface area contributed by atoms with Gasteiger partial charge in [0.15, 0.2) is 0 Å². The number of carbonyl (C=O) groups excluding carboxylic acids is 1. The fourth-order valence-electron chi connectivity index (χ4n) is 2.60. The van der Waals surface area contributed by atoms with Crippen LogP contribution in [0.4, 0.5) is 11.4 Å². The van der Waals surface area contributed by atoms with E-state index in [2.05, 4.69) is 10.6 Å². The summed E-state index contributed by atoms with van der Waals surface area (Å²) in [5, 5.41) is 16.8. The van der Waals surface area contributed by atoms with Gasteiger partial charge < -0.3 is 16.4 Å². The van der Waals surface area contributed by atoms with Crippen molar-refractivity contribution in [3.8, 4) is 0 Å². The fourth-order valence-corrected chi connectivity index (χ4v) is 2.60. The molecule has 0 saturated heterocycles. The van der Waals surface area contributed by atoms with Gasteiger partial charge in [-0.1, -0.05) is 0 Å². The third-order valence-electron chi connectivity index (χ3n) is 4.32. The van der Waals surface area contributed by atoms with Crippen LogP contribution in [0, 0.1) is 16.0 Å². The molecule has 1 amide bonds. The molecule has 7 nitrogen and oxygen atoms in total. The molecule has 23 heavy (non-hydrogen) atoms. The van der Waals surface area contributed by atoms with Gasteiger partial charge >= 0.3 is 0 Å². The van der Waals surface area contributed by atoms with Crippen molar-refractivity contribution in [2.75, 3.05) is 18.4 Å². The predicted octanol–water partition coefficient (Wildman–Crippen LogP) is 2.03. The lowest BCUT2D eigenvalue weighted by Gasteiger charge is -2.29. The lowest BCUT2D eigenvalue weighted by atomic mass is 9.95. The second kappa shape index (κ2) is 7.41. The van der Waals surface area contributed by atoms with Crippen LogP contribution in [0.3, 0.4) is 0 Å². The summed E-state index contributed by atoms with van der Waals surface area (Å²) in [6, 6.07) is 6.24. The van der Waals surface area contributed by atoms with Gasteiger partial charge in [-0.05, 0) is 44.2 Å². The van der Waals surface area contributed by atoms with Crippen LogP contribution in [-0.2, 0) is 4.79 Å². The highest BCUT2D eigenvalue weighted by atomic mass is 16.6. The first-order valence-electron chi connectivity index (χ1n) is 7.94. The molecule has 4 N–H and O–H groups in total. The van der Waals surface area contributed by atoms with Crippen molar-refractivity contribution in [2.45, 2.75) is 38.1 Å². The van der Waals surface area contributed by atoms with E-state index in [0.29, 0.717) is 31.8 Å². The zero-order valence-corrected chi connectivity index (χ0v) is 13.4. The molecule has 0 aromatic heterocycles. The van der Waals surface area contributed by atoms with Crippen molar-refractivity contribution >= 4 is 17.3 Å². The number of non-ortho nitro benzene ring substituents is 1. The van der Waals surface area contributed by atoms with Gasteiger partial charge in [-0.3, -0.25) is 14.9 Å². The zero-order chi connectivity index (χ0) is 16.9. The van der Waals surface area contributed by atoms with Crippen molar-refractivity contribution in [3.05, 3.63) is 34.4 Å². The van der Waals surface area contributed by atoms with Gasteiger partial charge in [-0.2, -0.15) is 0 Å². The number of hydrogen-bond donors (Lipinski definition) is 3. The number of anilines is 1. The molecule has 2 rings (SSSR count). The molecule has 1 fully saturated rings. The second-order valence-electron chi connectivity index (χ2n) is 6.28. The molecule has 1 atom stereocenters. The van der Waals surface area contributed by atoms with Gasteiger partial charge in [0.05, 0.1) is 10.5 Å². The van der Waals surface area contributed by atoms with Crippen LogP contribution in [0.15, 0.2) is 24.3 Å². The van der Waals surface area contributed by atoms with E-state index in [-0.39, 0.29) is 17.1 Å². The van der Waals surface area contributed by atoms with E-state index in [1.165, 1.54) is 12.1 Å². The minimum absolute atomic E-state index is 0.0235. The van der Waals surface area contributed by atoms with Crippen LogP contribution in [0.2, 0.25) is 0 Å². The topological polar surface area (TPSA) is 110 Å². The largest absolute Gasteiger partial charge is 0.385 e. The number of hydrogen-bond acceptors (Lipinski definition) is 5. The number of nitrogens with zero attached hydrogens (tertiary/aromatic N) is 1. The summed E-state index contributed by atoms with van der Waals surface area (Å²) in [5.41, 5.74) is 6.38. The first kappa shape index (κ1) is 17.2. The molecule has 126 valence electrons. The van der Waals surface area contributed by atoms with Crippen molar-refractivity contribution < 1.29 is 9.72 Å². The summed E-state index contributed by atoms with van der Waals surface area (Å²) in [5.74, 6) is 0.532. The molecule has 1 unspecified atom stereocenters. The van der Waals surface area contributed by atoms with E-state index < -0.39 is 4.92 Å². The number of amides is 1. The molecule has 0 aliphatic heterocycles. The number of nitrogens with one attached hydrogen (secondary N) is 2. The first-order valence-corrected chi connectivity index (χ1v) is 7.94. The minimum Gasteiger partial charge on any atom is -0.385 e. The van der Waals surface area contributed by atoms with Crippen molar-refractivity contribution in [1.82, 2.24) is 5.32 Å². The van der Waals surface area contributed by atoms with Gasteiger partial charge in [-0.15, -0.1) is 0 Å². The van der Waals surface area contributed by atoms with E-state index >= 15 is 0 Å². The maximum absolute atomic E-state index is 12.0. The third-order valence-corrected chi connectivity index (χ3v) is 4.32. The molecule has 1 saturated carbocycles. The Morgan fingerprint density at radius 1 is 1.39 bits per heavy atom. The molecule has 0 bridgehead atoms. The van der Waals surface area contributed by atoms with E-state index in [4.69, 9.17) is 5.73 Å². The Bertz CT molecular complexity index is 557. The Kier molecular flexibility index (Phi) is 5.54. The number of nitro benzene ring substituents is 1. The normalized spacial score (nSPS) is 16.4. The van der Waals surface area contributed by atoms with Crippen LogP contribution in [0.5, 0.6) is 0 Å². The molecule has 0 heterocycles. The van der Waals surface area contributed by atoms with Crippen molar-refractivity contribution in [1.29, 1.82) is 0 Å². The van der Waals surface area contributed by atoms with Crippen LogP contribution in [-0.4, -0.2) is 29.5 Å². The van der Waals surface area contributed by atoms with Crippen LogP contribution >= 0.6 is 0 Å². The summed E-state index contributed by atoms with van der Waals surface area (Å²) >= 11 is 0. The third kappa shape index (κ3) is 4.92. The second-order valence-corrected chi connectivity index (χ2v) is 6.28. The maximum Gasteiger partial charge on any atom is 0.269 e. The lowest BCUT2D eigenvalue weighted by Crippen LogP contribution is -2.53. The van der Waals surface area contributed by atoms with Crippen molar-refractivity contribution in [2.24, 2.45) is 11.7 Å². The molecule has 1 aliphatic carbocycles. The number of nitro groups is 1. The Morgan fingerprint density at radius 2 is 2.04 bits per heavy atom. The zero-order valence-electron chi connectivity index (χ0n) is 13.4. The predicted molar refractivity (Wildman–Crippen MR) is 89.1 cm³/mol. The molecule has 1 aromatic rings. The van der Waals surface area contributed by atoms with Crippen molar-refractivity contribution in [3.63, 3.8) is 0 Å². The summed E-state index contributed by atoms with van der Waals surface area (Å²) in [6.45, 7) is 3.11. The molecular formula is C16H24N4O3. The molecule has 7 heteroatoms. The van der Waals surface area contributed by atoms with E-state index in [0.717, 1.165) is 18.5 Å². The van der Waals surface area contributed by atoms with Gasteiger partial charge in [0.25, 0.3) is 5.69 Å². The molecule has 0 spiro atoms. The number of benzene rings is 1. The minimum atomic E-state index is -0.428. The highest BCUT2D eigenvalue weighted by molar-refractivity contribution is 5.77. The van der Waals surface area contributed by atoms with Crippen LogP contribution in [0.25, 0.3) is 0 Å². The molecule has 1 aromatic carbocycles. The molecule has 0 radical (unpaired) electrons. The first-order chi connectivity index (χ1) is 10.9. The Balaban J connectivity index is 1.68. The Hall–Kier alpha value is -2.15. The van der Waals surface area contributed by atoms with Crippen LogP contribution < -0.4 is 16.4 Å². The van der Waals surface area contributed by atoms with Gasteiger partial charge in [-0.25, -0.2) is 0 Å². The number of nitrogens with two attached hydrogens (primary N) is 1. The van der Waals surface area contributed by atoms with Gasteiger partial charge in [0.1, 0.15) is 0 Å². The lowest BCUT2D eigenvalue weighted by molar-refractivity contribution is -0.384. The number of rotatable bonds is 9. The average Bonchev–Trinajstić information content (AvgIpc) is 3.37. The summed E-state index contributed by atoms with van der Waals surface area (Å²) in [4.78, 5) is 22.2. The van der Waals surface area contributed by atoms with E-state index in [9.17, 15) is 14.9 Å². The molecule has 1 aliphatic rings. The summed E-state index contributed by atoms with van der Waals surface area (Å²) in [7, 11) is 0. The fraction of sp³-hybridized carbons (Fsp3) is 0.562. The van der Waals surface area contributed by atoms with Gasteiger partial charge in [0.2, 0.25) is 5.91 Å². The van der Waals surface area contributed by atoms with E-state index in [1.807, 2.05) is 6.92 Å². The smallest absolute Gasteiger partial charge is 0.269 e. The monoisotopic (exact) mass is 320 g/mol.